The van der Waals surface area contributed by atoms with Crippen LogP contribution in [0, 0.1) is 12.8 Å². The van der Waals surface area contributed by atoms with Gasteiger partial charge in [-0.25, -0.2) is 9.48 Å². The van der Waals surface area contributed by atoms with Crippen LogP contribution in [0.5, 0.6) is 0 Å². The molecular weight excluding hydrogens is 258 g/mol. The van der Waals surface area contributed by atoms with E-state index >= 15 is 0 Å². The lowest BCUT2D eigenvalue weighted by Gasteiger charge is -2.31. The van der Waals surface area contributed by atoms with Crippen LogP contribution in [-0.4, -0.2) is 45.5 Å². The van der Waals surface area contributed by atoms with E-state index in [1.54, 1.807) is 9.58 Å². The van der Waals surface area contributed by atoms with Gasteiger partial charge < -0.3 is 15.4 Å². The molecule has 7 heteroatoms. The van der Waals surface area contributed by atoms with Gasteiger partial charge in [0.15, 0.2) is 0 Å². The molecule has 2 heterocycles. The molecule has 0 radical (unpaired) electrons. The van der Waals surface area contributed by atoms with E-state index in [-0.39, 0.29) is 12.1 Å². The summed E-state index contributed by atoms with van der Waals surface area (Å²) in [5.74, 6) is 1.75. The third-order valence-corrected chi connectivity index (χ3v) is 3.97. The van der Waals surface area contributed by atoms with E-state index in [9.17, 15) is 4.79 Å². The fraction of sp³-hybridized carbons (Fsp3) is 0.769. The molecule has 110 valence electrons. The van der Waals surface area contributed by atoms with Crippen molar-refractivity contribution in [1.29, 1.82) is 0 Å². The Labute approximate surface area is 118 Å². The predicted molar refractivity (Wildman–Crippen MR) is 73.1 cm³/mol. The quantitative estimate of drug-likeness (QED) is 0.902. The number of aryl methyl sites for hydroxylation is 1. The zero-order valence-corrected chi connectivity index (χ0v) is 11.8. The van der Waals surface area contributed by atoms with E-state index in [0.29, 0.717) is 37.4 Å². The maximum Gasteiger partial charge on any atom is 0.409 e. The van der Waals surface area contributed by atoms with E-state index in [0.717, 1.165) is 12.8 Å². The number of anilines is 1. The van der Waals surface area contributed by atoms with Gasteiger partial charge in [-0.1, -0.05) is 0 Å². The molecule has 2 aliphatic rings. The van der Waals surface area contributed by atoms with Crippen LogP contribution in [0.1, 0.15) is 37.5 Å². The zero-order chi connectivity index (χ0) is 14.1. The van der Waals surface area contributed by atoms with Crippen molar-refractivity contribution in [2.45, 2.75) is 38.6 Å². The number of nitrogens with two attached hydrogens (primary N) is 1. The molecule has 1 saturated heterocycles. The largest absolute Gasteiger partial charge is 0.449 e. The van der Waals surface area contributed by atoms with Crippen molar-refractivity contribution in [3.63, 3.8) is 0 Å². The SMILES string of the molecule is Cc1nc(N)n(C2CCN(C(=O)OCC3CC3)CC2)n1. The van der Waals surface area contributed by atoms with Gasteiger partial charge in [0.25, 0.3) is 0 Å². The summed E-state index contributed by atoms with van der Waals surface area (Å²) in [6, 6.07) is 0.226. The van der Waals surface area contributed by atoms with E-state index < -0.39 is 0 Å². The normalized spacial score (nSPS) is 20.1. The number of hydrogen-bond acceptors (Lipinski definition) is 5. The van der Waals surface area contributed by atoms with Crippen LogP contribution in [0.3, 0.4) is 0 Å². The number of piperidine rings is 1. The second kappa shape index (κ2) is 5.30. The average molecular weight is 279 g/mol. The smallest absolute Gasteiger partial charge is 0.409 e. The van der Waals surface area contributed by atoms with Gasteiger partial charge in [0.05, 0.1) is 12.6 Å². The number of aromatic nitrogens is 3. The summed E-state index contributed by atoms with van der Waals surface area (Å²) in [4.78, 5) is 17.8. The van der Waals surface area contributed by atoms with E-state index in [1.807, 2.05) is 6.92 Å². The Hall–Kier alpha value is -1.79. The van der Waals surface area contributed by atoms with Gasteiger partial charge in [0.1, 0.15) is 5.82 Å². The molecule has 1 aromatic heterocycles. The summed E-state index contributed by atoms with van der Waals surface area (Å²) in [6.07, 6.45) is 3.88. The highest BCUT2D eigenvalue weighted by Gasteiger charge is 2.28. The van der Waals surface area contributed by atoms with Crippen LogP contribution in [0.15, 0.2) is 0 Å². The van der Waals surface area contributed by atoms with Crippen LogP contribution < -0.4 is 5.73 Å². The van der Waals surface area contributed by atoms with Gasteiger partial charge in [-0.3, -0.25) is 0 Å². The molecule has 20 heavy (non-hydrogen) atoms. The van der Waals surface area contributed by atoms with Gasteiger partial charge in [-0.15, -0.1) is 0 Å². The molecule has 0 spiro atoms. The monoisotopic (exact) mass is 279 g/mol. The molecule has 1 aliphatic heterocycles. The maximum absolute atomic E-state index is 11.9. The van der Waals surface area contributed by atoms with Gasteiger partial charge in [-0.2, -0.15) is 10.1 Å². The lowest BCUT2D eigenvalue weighted by atomic mass is 10.1. The van der Waals surface area contributed by atoms with Crippen molar-refractivity contribution in [3.8, 4) is 0 Å². The number of carbonyl (C=O) groups is 1. The molecular formula is C13H21N5O2. The number of nitrogen functional groups attached to an aromatic ring is 1. The van der Waals surface area contributed by atoms with Crippen molar-refractivity contribution < 1.29 is 9.53 Å². The molecule has 0 unspecified atom stereocenters. The third-order valence-electron chi connectivity index (χ3n) is 3.97. The molecule has 1 aromatic rings. The number of nitrogens with zero attached hydrogens (tertiary/aromatic N) is 4. The first-order valence-electron chi connectivity index (χ1n) is 7.24. The van der Waals surface area contributed by atoms with Crippen LogP contribution in [0.2, 0.25) is 0 Å². The first-order valence-corrected chi connectivity index (χ1v) is 7.24. The molecule has 2 N–H and O–H groups in total. The van der Waals surface area contributed by atoms with Crippen LogP contribution in [0.25, 0.3) is 0 Å². The van der Waals surface area contributed by atoms with Crippen LogP contribution >= 0.6 is 0 Å². The second-order valence-electron chi connectivity index (χ2n) is 5.70. The number of carbonyl (C=O) groups excluding carboxylic acids is 1. The molecule has 3 rings (SSSR count). The zero-order valence-electron chi connectivity index (χ0n) is 11.8. The molecule has 2 fully saturated rings. The Balaban J connectivity index is 1.50. The molecule has 0 bridgehead atoms. The van der Waals surface area contributed by atoms with E-state index in [1.165, 1.54) is 12.8 Å². The number of rotatable bonds is 3. The minimum absolute atomic E-state index is 0.182. The second-order valence-corrected chi connectivity index (χ2v) is 5.70. The summed E-state index contributed by atoms with van der Waals surface area (Å²) >= 11 is 0. The molecule has 1 saturated carbocycles. The Morgan fingerprint density at radius 1 is 1.35 bits per heavy atom. The molecule has 1 aliphatic carbocycles. The lowest BCUT2D eigenvalue weighted by molar-refractivity contribution is 0.0842. The summed E-state index contributed by atoms with van der Waals surface area (Å²) in [5, 5.41) is 4.32. The number of ether oxygens (including phenoxy) is 1. The van der Waals surface area contributed by atoms with Crippen molar-refractivity contribution in [3.05, 3.63) is 5.82 Å². The standard InChI is InChI=1S/C13H21N5O2/c1-9-15-12(14)18(16-9)11-4-6-17(7-5-11)13(19)20-8-10-2-3-10/h10-11H,2-8H2,1H3,(H2,14,15,16). The number of likely N-dealkylation sites (tertiary alicyclic amines) is 1. The lowest BCUT2D eigenvalue weighted by Crippen LogP contribution is -2.40. The van der Waals surface area contributed by atoms with Crippen LogP contribution in [-0.2, 0) is 4.74 Å². The van der Waals surface area contributed by atoms with Gasteiger partial charge in [0, 0.05) is 13.1 Å². The summed E-state index contributed by atoms with van der Waals surface area (Å²) in [7, 11) is 0. The van der Waals surface area contributed by atoms with Gasteiger partial charge in [0.2, 0.25) is 5.95 Å². The predicted octanol–water partition coefficient (Wildman–Crippen LogP) is 1.35. The Morgan fingerprint density at radius 3 is 2.60 bits per heavy atom. The highest BCUT2D eigenvalue weighted by atomic mass is 16.6. The van der Waals surface area contributed by atoms with E-state index in [4.69, 9.17) is 10.5 Å². The van der Waals surface area contributed by atoms with Crippen LogP contribution in [0.4, 0.5) is 10.7 Å². The average Bonchev–Trinajstić information content (AvgIpc) is 3.21. The fourth-order valence-corrected chi connectivity index (χ4v) is 2.57. The molecule has 0 atom stereocenters. The van der Waals surface area contributed by atoms with Gasteiger partial charge in [-0.05, 0) is 38.5 Å². The van der Waals surface area contributed by atoms with Crippen molar-refractivity contribution in [2.75, 3.05) is 25.4 Å². The van der Waals surface area contributed by atoms with Crippen molar-refractivity contribution in [1.82, 2.24) is 19.7 Å². The topological polar surface area (TPSA) is 86.3 Å². The fourth-order valence-electron chi connectivity index (χ4n) is 2.57. The van der Waals surface area contributed by atoms with Crippen molar-refractivity contribution in [2.24, 2.45) is 5.92 Å². The Bertz CT molecular complexity index is 489. The number of hydrogen-bond donors (Lipinski definition) is 1. The minimum Gasteiger partial charge on any atom is -0.449 e. The van der Waals surface area contributed by atoms with Crippen molar-refractivity contribution >= 4 is 12.0 Å². The van der Waals surface area contributed by atoms with Gasteiger partial charge >= 0.3 is 6.09 Å². The molecule has 0 aromatic carbocycles. The van der Waals surface area contributed by atoms with E-state index in [2.05, 4.69) is 10.1 Å². The first-order chi connectivity index (χ1) is 9.63. The highest BCUT2D eigenvalue weighted by Crippen LogP contribution is 2.29. The first kappa shape index (κ1) is 13.2. The summed E-state index contributed by atoms with van der Waals surface area (Å²) < 4.78 is 7.08. The third kappa shape index (κ3) is 2.86. The minimum atomic E-state index is -0.182. The molecule has 1 amide bonds. The number of amides is 1. The maximum atomic E-state index is 11.9. The summed E-state index contributed by atoms with van der Waals surface area (Å²) in [5.41, 5.74) is 5.84. The Kier molecular flexibility index (Phi) is 3.50. The highest BCUT2D eigenvalue weighted by molar-refractivity contribution is 5.67. The molecule has 7 nitrogen and oxygen atoms in total. The Morgan fingerprint density at radius 2 is 2.05 bits per heavy atom. The summed E-state index contributed by atoms with van der Waals surface area (Å²) in [6.45, 7) is 3.78.